The van der Waals surface area contributed by atoms with E-state index in [4.69, 9.17) is 17.1 Å². The fourth-order valence-electron chi connectivity index (χ4n) is 6.72. The summed E-state index contributed by atoms with van der Waals surface area (Å²) in [5.74, 6) is -6.28. The van der Waals surface area contributed by atoms with Crippen molar-refractivity contribution >= 4 is 63.7 Å². The number of nitriles is 1. The van der Waals surface area contributed by atoms with Gasteiger partial charge in [-0.15, -0.1) is 5.06 Å². The Hall–Kier alpha value is -3.87. The maximum Gasteiger partial charge on any atom is 0.336 e. The third-order valence-corrected chi connectivity index (χ3v) is 11.5. The van der Waals surface area contributed by atoms with E-state index in [2.05, 4.69) is 16.7 Å². The minimum atomic E-state index is -1.34. The molecule has 298 valence electrons. The van der Waals surface area contributed by atoms with Gasteiger partial charge in [0.2, 0.25) is 11.8 Å². The zero-order chi connectivity index (χ0) is 41.2. The van der Waals surface area contributed by atoms with Crippen LogP contribution in [0.2, 0.25) is 0 Å². The molecular weight excluding hydrogens is 733 g/mol. The van der Waals surface area contributed by atoms with Gasteiger partial charge in [-0.1, -0.05) is 82.0 Å². The number of amides is 4. The fraction of sp³-hybridized carbons (Fsp3) is 0.641. The number of hydrogen-bond acceptors (Lipinski definition) is 11. The highest BCUT2D eigenvalue weighted by Gasteiger charge is 2.51. The molecule has 54 heavy (non-hydrogen) atoms. The van der Waals surface area contributed by atoms with Crippen LogP contribution in [0.15, 0.2) is 30.3 Å². The first-order valence-electron chi connectivity index (χ1n) is 18.1. The summed E-state index contributed by atoms with van der Waals surface area (Å²) in [7, 11) is 0. The van der Waals surface area contributed by atoms with Crippen LogP contribution in [-0.4, -0.2) is 78.5 Å². The van der Waals surface area contributed by atoms with E-state index in [1.54, 1.807) is 41.5 Å². The smallest absolute Gasteiger partial charge is 0.336 e. The zero-order valence-electron chi connectivity index (χ0n) is 32.8. The second-order valence-corrected chi connectivity index (χ2v) is 18.6. The highest BCUT2D eigenvalue weighted by atomic mass is 32.2. The molecule has 0 saturated carbocycles. The number of carboxylic acids is 1. The van der Waals surface area contributed by atoms with Crippen molar-refractivity contribution in [1.29, 1.82) is 5.26 Å². The van der Waals surface area contributed by atoms with Gasteiger partial charge in [0, 0.05) is 37.8 Å². The number of aliphatic carboxylic acids is 1. The number of hydrogen-bond donors (Lipinski definition) is 4. The first kappa shape index (κ1) is 46.3. The topological polar surface area (TPSA) is 203 Å². The molecule has 4 N–H and O–H groups in total. The van der Waals surface area contributed by atoms with Crippen LogP contribution in [0.1, 0.15) is 113 Å². The van der Waals surface area contributed by atoms with Crippen LogP contribution < -0.4 is 10.6 Å². The molecular formula is C39H56N4O9S2. The number of nitrogens with zero attached hydrogens (tertiary/aromatic N) is 2. The van der Waals surface area contributed by atoms with Crippen LogP contribution in [0, 0.1) is 39.4 Å². The van der Waals surface area contributed by atoms with Gasteiger partial charge in [0.25, 0.3) is 11.8 Å². The fourth-order valence-corrected chi connectivity index (χ4v) is 8.68. The Morgan fingerprint density at radius 2 is 1.54 bits per heavy atom. The highest BCUT2D eigenvalue weighted by Crippen LogP contribution is 2.50. The number of imide groups is 1. The molecule has 5 unspecified atom stereocenters. The Morgan fingerprint density at radius 3 is 2.04 bits per heavy atom. The number of benzene rings is 1. The Morgan fingerprint density at radius 1 is 0.963 bits per heavy atom. The van der Waals surface area contributed by atoms with Crippen molar-refractivity contribution in [3.05, 3.63) is 35.9 Å². The van der Waals surface area contributed by atoms with Gasteiger partial charge in [0.05, 0.1) is 32.4 Å². The van der Waals surface area contributed by atoms with E-state index in [0.29, 0.717) is 9.26 Å². The first-order valence-corrected chi connectivity index (χ1v) is 19.3. The standard InChI is InChI=1S/C39H56N4O9S2/c1-24(2)42-32(49)27(37(6,7)22-39(9,35(51)41-21-25(3)44)54-34(53)26-13-11-10-12-14-26)19-36(4,5)28(20-38(8,23-40)18-17-31(47)48)33(50)52-43-29(45)15-16-30(43)46/h10-14,24-25,27-28,44H,15-22H2,1-9H3,(H,41,51)(H,42,49)(H,47,48). The highest BCUT2D eigenvalue weighted by molar-refractivity contribution is 8.25. The summed E-state index contributed by atoms with van der Waals surface area (Å²) in [6.45, 7) is 15.6. The average Bonchev–Trinajstić information content (AvgIpc) is 3.39. The Bertz CT molecular complexity index is 1590. The van der Waals surface area contributed by atoms with Crippen LogP contribution in [0.5, 0.6) is 0 Å². The normalized spacial score (nSPS) is 17.4. The summed E-state index contributed by atoms with van der Waals surface area (Å²) in [4.78, 5) is 84.1. The molecule has 1 aliphatic rings. The summed E-state index contributed by atoms with van der Waals surface area (Å²) in [6, 6.07) is 11.1. The van der Waals surface area contributed by atoms with E-state index in [1.807, 2.05) is 44.2 Å². The van der Waals surface area contributed by atoms with Crippen molar-refractivity contribution < 1.29 is 43.8 Å². The lowest BCUT2D eigenvalue weighted by molar-refractivity contribution is -0.204. The summed E-state index contributed by atoms with van der Waals surface area (Å²) in [5, 5.41) is 35.8. The van der Waals surface area contributed by atoms with Crippen molar-refractivity contribution in [2.75, 3.05) is 6.54 Å². The SMILES string of the molecule is CC(O)CNC(=O)C(C)(CC(C)(C)C(CC(C)(C)C(CC(C)(C#N)CCC(=O)O)C(=O)ON1C(=O)CCC1=O)C(=O)NC(C)C)SC(=S)c1ccccc1. The summed E-state index contributed by atoms with van der Waals surface area (Å²) in [5.41, 5.74) is -2.75. The number of aliphatic hydroxyl groups is 1. The third kappa shape index (κ3) is 13.2. The second kappa shape index (κ2) is 19.1. The van der Waals surface area contributed by atoms with E-state index < -0.39 is 68.6 Å². The Balaban J connectivity index is 2.66. The molecule has 1 aliphatic heterocycles. The number of rotatable bonds is 20. The van der Waals surface area contributed by atoms with Gasteiger partial charge in [-0.3, -0.25) is 24.0 Å². The maximum atomic E-state index is 14.3. The number of hydroxylamine groups is 2. The van der Waals surface area contributed by atoms with E-state index >= 15 is 0 Å². The Kier molecular flexibility index (Phi) is 16.4. The number of thioether (sulfide) groups is 1. The minimum Gasteiger partial charge on any atom is -0.481 e. The van der Waals surface area contributed by atoms with Crippen molar-refractivity contribution in [3.63, 3.8) is 0 Å². The largest absolute Gasteiger partial charge is 0.481 e. The van der Waals surface area contributed by atoms with E-state index in [1.165, 1.54) is 18.7 Å². The monoisotopic (exact) mass is 788 g/mol. The van der Waals surface area contributed by atoms with Gasteiger partial charge in [-0.2, -0.15) is 5.26 Å². The lowest BCUT2D eigenvalue weighted by Crippen LogP contribution is -2.52. The van der Waals surface area contributed by atoms with Crippen LogP contribution in [0.3, 0.4) is 0 Å². The molecule has 4 amide bonds. The summed E-state index contributed by atoms with van der Waals surface area (Å²) in [6.07, 6.45) is -1.60. The number of carboxylic acid groups (broad SMARTS) is 1. The van der Waals surface area contributed by atoms with Gasteiger partial charge in [0.1, 0.15) is 0 Å². The van der Waals surface area contributed by atoms with Crippen LogP contribution in [-0.2, 0) is 33.6 Å². The van der Waals surface area contributed by atoms with Gasteiger partial charge >= 0.3 is 11.9 Å². The average molecular weight is 789 g/mol. The molecule has 1 aromatic rings. The van der Waals surface area contributed by atoms with Gasteiger partial charge < -0.3 is 25.7 Å². The molecule has 0 spiro atoms. The molecule has 1 aromatic carbocycles. The first-order chi connectivity index (χ1) is 24.9. The maximum absolute atomic E-state index is 14.3. The van der Waals surface area contributed by atoms with E-state index in [9.17, 15) is 44.2 Å². The molecule has 0 radical (unpaired) electrons. The quantitative estimate of drug-likeness (QED) is 0.0978. The number of thiocarbonyl (C=S) groups is 1. The number of carbonyl (C=O) groups is 6. The minimum absolute atomic E-state index is 0.0108. The molecule has 1 fully saturated rings. The summed E-state index contributed by atoms with van der Waals surface area (Å²) < 4.78 is -0.799. The van der Waals surface area contributed by atoms with Crippen LogP contribution >= 0.6 is 24.0 Å². The van der Waals surface area contributed by atoms with E-state index in [0.717, 1.165) is 5.56 Å². The Labute approximate surface area is 328 Å². The molecule has 2 rings (SSSR count). The molecule has 5 atom stereocenters. The molecule has 0 aliphatic carbocycles. The second-order valence-electron chi connectivity index (χ2n) is 16.4. The zero-order valence-corrected chi connectivity index (χ0v) is 34.4. The predicted octanol–water partition coefficient (Wildman–Crippen LogP) is 5.33. The number of carbonyl (C=O) groups excluding carboxylic acids is 5. The molecule has 15 heteroatoms. The van der Waals surface area contributed by atoms with Crippen molar-refractivity contribution in [2.45, 2.75) is 124 Å². The van der Waals surface area contributed by atoms with Gasteiger partial charge in [-0.25, -0.2) is 4.79 Å². The predicted molar refractivity (Wildman–Crippen MR) is 208 cm³/mol. The van der Waals surface area contributed by atoms with Crippen molar-refractivity contribution in [3.8, 4) is 6.07 Å². The van der Waals surface area contributed by atoms with Crippen LogP contribution in [0.25, 0.3) is 0 Å². The molecule has 0 bridgehead atoms. The molecule has 0 aromatic heterocycles. The summed E-state index contributed by atoms with van der Waals surface area (Å²) >= 11 is 6.97. The van der Waals surface area contributed by atoms with Crippen LogP contribution in [0.4, 0.5) is 0 Å². The van der Waals surface area contributed by atoms with Crippen molar-refractivity contribution in [2.24, 2.45) is 28.1 Å². The number of aliphatic hydroxyl groups excluding tert-OH is 1. The van der Waals surface area contributed by atoms with Gasteiger partial charge in [-0.05, 0) is 76.7 Å². The molecule has 1 heterocycles. The number of nitrogens with one attached hydrogen (secondary N) is 2. The molecule has 1 saturated heterocycles. The van der Waals surface area contributed by atoms with Crippen molar-refractivity contribution in [1.82, 2.24) is 15.7 Å². The lowest BCUT2D eigenvalue weighted by atomic mass is 9.61. The van der Waals surface area contributed by atoms with E-state index in [-0.39, 0.29) is 63.4 Å². The van der Waals surface area contributed by atoms with Gasteiger partial charge in [0.15, 0.2) is 0 Å². The lowest BCUT2D eigenvalue weighted by Gasteiger charge is -2.45. The molecule has 13 nitrogen and oxygen atoms in total. The third-order valence-electron chi connectivity index (χ3n) is 9.81.